The first-order chi connectivity index (χ1) is 9.47. The predicted molar refractivity (Wildman–Crippen MR) is 85.0 cm³/mol. The summed E-state index contributed by atoms with van der Waals surface area (Å²) in [6.45, 7) is 14.5. The van der Waals surface area contributed by atoms with Crippen LogP contribution in [0.5, 0.6) is 0 Å². The van der Waals surface area contributed by atoms with Crippen LogP contribution >= 0.6 is 0 Å². The van der Waals surface area contributed by atoms with E-state index in [4.69, 9.17) is 4.74 Å². The normalized spacial score (nSPS) is 12.4. The Morgan fingerprint density at radius 1 is 0.952 bits per heavy atom. The fourth-order valence-electron chi connectivity index (χ4n) is 2.01. The number of carbonyl (C=O) groups is 2. The molecule has 0 aliphatic rings. The van der Waals surface area contributed by atoms with Crippen LogP contribution in [0.25, 0.3) is 0 Å². The summed E-state index contributed by atoms with van der Waals surface area (Å²) in [7, 11) is 0. The Morgan fingerprint density at radius 2 is 1.38 bits per heavy atom. The largest absolute Gasteiger partial charge is 0.366 e. The van der Waals surface area contributed by atoms with Gasteiger partial charge in [-0.3, -0.25) is 9.59 Å². The van der Waals surface area contributed by atoms with Crippen LogP contribution in [0, 0.1) is 5.92 Å². The Hall–Kier alpha value is -1.10. The maximum absolute atomic E-state index is 11.7. The topological polar surface area (TPSA) is 67.4 Å². The molecule has 0 fully saturated rings. The third-order valence-corrected chi connectivity index (χ3v) is 2.89. The van der Waals surface area contributed by atoms with E-state index in [1.165, 1.54) is 0 Å². The summed E-state index contributed by atoms with van der Waals surface area (Å²) < 4.78 is 6.05. The van der Waals surface area contributed by atoms with Crippen molar-refractivity contribution in [3.63, 3.8) is 0 Å². The van der Waals surface area contributed by atoms with Crippen LogP contribution in [-0.4, -0.2) is 36.1 Å². The summed E-state index contributed by atoms with van der Waals surface area (Å²) in [5, 5.41) is 5.74. The van der Waals surface area contributed by atoms with Gasteiger partial charge in [0.15, 0.2) is 0 Å². The van der Waals surface area contributed by atoms with Crippen LogP contribution in [0.3, 0.4) is 0 Å². The third-order valence-electron chi connectivity index (χ3n) is 2.89. The zero-order chi connectivity index (χ0) is 16.7. The molecule has 0 unspecified atom stereocenters. The van der Waals surface area contributed by atoms with Crippen molar-refractivity contribution in [3.05, 3.63) is 0 Å². The Labute approximate surface area is 129 Å². The minimum atomic E-state index is -0.493. The monoisotopic (exact) mass is 300 g/mol. The van der Waals surface area contributed by atoms with Gasteiger partial charge in [0.05, 0.1) is 11.2 Å². The van der Waals surface area contributed by atoms with Crippen molar-refractivity contribution in [2.24, 2.45) is 5.92 Å². The fraction of sp³-hybridized carbons (Fsp3) is 0.875. The number of nitrogens with one attached hydrogen (secondary N) is 2. The molecule has 0 aliphatic carbocycles. The molecule has 0 aromatic rings. The summed E-state index contributed by atoms with van der Waals surface area (Å²) in [6, 6.07) is 0. The molecule has 0 radical (unpaired) electrons. The van der Waals surface area contributed by atoms with Crippen molar-refractivity contribution in [1.29, 1.82) is 0 Å². The number of rotatable bonds is 9. The third kappa shape index (κ3) is 10.3. The molecule has 0 saturated heterocycles. The van der Waals surface area contributed by atoms with Gasteiger partial charge in [-0.15, -0.1) is 0 Å². The van der Waals surface area contributed by atoms with E-state index in [9.17, 15) is 9.59 Å². The van der Waals surface area contributed by atoms with Crippen molar-refractivity contribution in [1.82, 2.24) is 10.6 Å². The first-order valence-electron chi connectivity index (χ1n) is 7.71. The molecule has 2 N–H and O–H groups in total. The number of ether oxygens (including phenoxy) is 1. The highest BCUT2D eigenvalue weighted by Gasteiger charge is 2.29. The smallest absolute Gasteiger partial charge is 0.220 e. The number of hydrogen-bond donors (Lipinski definition) is 2. The molecule has 2 amide bonds. The fourth-order valence-corrected chi connectivity index (χ4v) is 2.01. The highest BCUT2D eigenvalue weighted by atomic mass is 16.5. The van der Waals surface area contributed by atoms with Gasteiger partial charge in [-0.25, -0.2) is 0 Å². The van der Waals surface area contributed by atoms with Gasteiger partial charge in [0.1, 0.15) is 0 Å². The van der Waals surface area contributed by atoms with E-state index in [1.54, 1.807) is 0 Å². The minimum Gasteiger partial charge on any atom is -0.366 e. The van der Waals surface area contributed by atoms with Gasteiger partial charge in [-0.1, -0.05) is 20.8 Å². The van der Waals surface area contributed by atoms with E-state index in [-0.39, 0.29) is 11.8 Å². The van der Waals surface area contributed by atoms with Crippen molar-refractivity contribution in [2.75, 3.05) is 13.1 Å². The maximum atomic E-state index is 11.7. The van der Waals surface area contributed by atoms with E-state index < -0.39 is 11.2 Å². The molecular formula is C16H32N2O3. The van der Waals surface area contributed by atoms with Crippen LogP contribution in [0.1, 0.15) is 61.3 Å². The van der Waals surface area contributed by atoms with Crippen molar-refractivity contribution < 1.29 is 14.3 Å². The van der Waals surface area contributed by atoms with E-state index in [0.717, 1.165) is 0 Å². The van der Waals surface area contributed by atoms with Crippen LogP contribution in [0.4, 0.5) is 0 Å². The van der Waals surface area contributed by atoms with E-state index in [1.807, 2.05) is 48.5 Å². The molecule has 0 heterocycles. The molecule has 21 heavy (non-hydrogen) atoms. The van der Waals surface area contributed by atoms with E-state index in [2.05, 4.69) is 10.6 Å². The molecule has 0 aromatic carbocycles. The number of amides is 2. The molecule has 0 aromatic heterocycles. The molecule has 0 bridgehead atoms. The summed E-state index contributed by atoms with van der Waals surface area (Å²) in [5.74, 6) is 0.392. The SMILES string of the molecule is CCC(=O)NCC(C)(C)OC(C)(C)CNC(=O)CC(C)C. The summed E-state index contributed by atoms with van der Waals surface area (Å²) in [4.78, 5) is 23.0. The standard InChI is InChI=1S/C16H32N2O3/c1-8-13(19)17-10-15(4,5)21-16(6,7)11-18-14(20)9-12(2)3/h12H,8-11H2,1-7H3,(H,17,19)(H,18,20). The molecule has 0 saturated carbocycles. The van der Waals surface area contributed by atoms with Crippen molar-refractivity contribution in [2.45, 2.75) is 72.5 Å². The average Bonchev–Trinajstić information content (AvgIpc) is 2.31. The Bertz CT molecular complexity index is 349. The quantitative estimate of drug-likeness (QED) is 0.686. The lowest BCUT2D eigenvalue weighted by atomic mass is 10.0. The Balaban J connectivity index is 4.30. The summed E-state index contributed by atoms with van der Waals surface area (Å²) >= 11 is 0. The average molecular weight is 300 g/mol. The van der Waals surface area contributed by atoms with E-state index >= 15 is 0 Å². The molecular weight excluding hydrogens is 268 g/mol. The second-order valence-corrected chi connectivity index (χ2v) is 7.13. The van der Waals surface area contributed by atoms with Crippen LogP contribution < -0.4 is 10.6 Å². The second kappa shape index (κ2) is 8.37. The van der Waals surface area contributed by atoms with E-state index in [0.29, 0.717) is 31.8 Å². The van der Waals surface area contributed by atoms with Crippen molar-refractivity contribution in [3.8, 4) is 0 Å². The molecule has 0 spiro atoms. The van der Waals surface area contributed by atoms with Crippen molar-refractivity contribution >= 4 is 11.8 Å². The lowest BCUT2D eigenvalue weighted by Gasteiger charge is -2.36. The zero-order valence-electron chi connectivity index (χ0n) is 14.6. The maximum Gasteiger partial charge on any atom is 0.220 e. The highest BCUT2D eigenvalue weighted by molar-refractivity contribution is 5.76. The van der Waals surface area contributed by atoms with Gasteiger partial charge < -0.3 is 15.4 Å². The van der Waals surface area contributed by atoms with Gasteiger partial charge >= 0.3 is 0 Å². The number of hydrogen-bond acceptors (Lipinski definition) is 3. The van der Waals surface area contributed by atoms with Gasteiger partial charge in [0.25, 0.3) is 0 Å². The molecule has 124 valence electrons. The van der Waals surface area contributed by atoms with Crippen LogP contribution in [-0.2, 0) is 14.3 Å². The lowest BCUT2D eigenvalue weighted by Crippen LogP contribution is -2.49. The Morgan fingerprint density at radius 3 is 1.76 bits per heavy atom. The highest BCUT2D eigenvalue weighted by Crippen LogP contribution is 2.19. The van der Waals surface area contributed by atoms with Gasteiger partial charge in [0, 0.05) is 25.9 Å². The summed E-state index contributed by atoms with van der Waals surface area (Å²) in [5.41, 5.74) is -0.982. The summed E-state index contributed by atoms with van der Waals surface area (Å²) in [6.07, 6.45) is 0.983. The lowest BCUT2D eigenvalue weighted by molar-refractivity contribution is -0.135. The zero-order valence-corrected chi connectivity index (χ0v) is 14.6. The van der Waals surface area contributed by atoms with Crippen LogP contribution in [0.2, 0.25) is 0 Å². The van der Waals surface area contributed by atoms with Crippen LogP contribution in [0.15, 0.2) is 0 Å². The minimum absolute atomic E-state index is 0.00900. The van der Waals surface area contributed by atoms with Gasteiger partial charge in [-0.05, 0) is 33.6 Å². The first kappa shape index (κ1) is 19.9. The molecule has 0 aliphatic heterocycles. The molecule has 0 atom stereocenters. The van der Waals surface area contributed by atoms with Gasteiger partial charge in [-0.2, -0.15) is 0 Å². The van der Waals surface area contributed by atoms with Gasteiger partial charge in [0.2, 0.25) is 11.8 Å². The molecule has 5 nitrogen and oxygen atoms in total. The molecule has 0 rings (SSSR count). The number of carbonyl (C=O) groups excluding carboxylic acids is 2. The Kier molecular flexibility index (Phi) is 7.93. The second-order valence-electron chi connectivity index (χ2n) is 7.13. The predicted octanol–water partition coefficient (Wildman–Crippen LogP) is 2.25. The first-order valence-corrected chi connectivity index (χ1v) is 7.71. The molecule has 5 heteroatoms.